The maximum Gasteiger partial charge on any atom is 0.401 e. The van der Waals surface area contributed by atoms with Crippen LogP contribution >= 0.6 is 0 Å². The molecular weight excluding hydrogens is 376 g/mol. The highest BCUT2D eigenvalue weighted by molar-refractivity contribution is 5.80. The largest absolute Gasteiger partial charge is 0.401 e. The Balaban J connectivity index is 1.61. The molecule has 0 aromatic heterocycles. The number of nitrogens with zero attached hydrogens (tertiary/aromatic N) is 3. The first-order valence-electron chi connectivity index (χ1n) is 9.42. The average molecular weight is 402 g/mol. The highest BCUT2D eigenvalue weighted by Gasteiger charge is 2.35. The van der Waals surface area contributed by atoms with Crippen LogP contribution < -0.4 is 5.32 Å². The van der Waals surface area contributed by atoms with E-state index in [1.165, 1.54) is 17.0 Å². The van der Waals surface area contributed by atoms with Crippen LogP contribution in [0.3, 0.4) is 0 Å². The maximum atomic E-state index is 13.2. The summed E-state index contributed by atoms with van der Waals surface area (Å²) >= 11 is 0. The van der Waals surface area contributed by atoms with E-state index in [1.807, 2.05) is 6.92 Å². The van der Waals surface area contributed by atoms with Gasteiger partial charge in [0.25, 0.3) is 0 Å². The molecule has 9 heteroatoms. The number of guanidine groups is 1. The Labute approximate surface area is 162 Å². The average Bonchev–Trinajstić information content (AvgIpc) is 3.04. The van der Waals surface area contributed by atoms with Crippen molar-refractivity contribution < 1.29 is 22.3 Å². The number of nitrogens with one attached hydrogen (secondary N) is 1. The summed E-state index contributed by atoms with van der Waals surface area (Å²) in [6.45, 7) is 2.97. The highest BCUT2D eigenvalue weighted by atomic mass is 19.4. The Kier molecular flexibility index (Phi) is 6.44. The van der Waals surface area contributed by atoms with Gasteiger partial charge in [-0.1, -0.05) is 12.1 Å². The predicted molar refractivity (Wildman–Crippen MR) is 98.7 cm³/mol. The normalized spacial score (nSPS) is 27.3. The quantitative estimate of drug-likeness (QED) is 0.480. The molecule has 0 aliphatic carbocycles. The molecule has 28 heavy (non-hydrogen) atoms. The van der Waals surface area contributed by atoms with Gasteiger partial charge in [0.1, 0.15) is 11.9 Å². The van der Waals surface area contributed by atoms with Gasteiger partial charge in [0.2, 0.25) is 0 Å². The van der Waals surface area contributed by atoms with Crippen LogP contribution in [0.25, 0.3) is 0 Å². The zero-order valence-corrected chi connectivity index (χ0v) is 16.0. The minimum atomic E-state index is -4.18. The van der Waals surface area contributed by atoms with E-state index in [9.17, 15) is 17.6 Å². The zero-order valence-electron chi connectivity index (χ0n) is 16.0. The monoisotopic (exact) mass is 402 g/mol. The van der Waals surface area contributed by atoms with Crippen molar-refractivity contribution in [1.82, 2.24) is 15.1 Å². The Morgan fingerprint density at radius 3 is 2.57 bits per heavy atom. The predicted octanol–water partition coefficient (Wildman–Crippen LogP) is 2.80. The lowest BCUT2D eigenvalue weighted by Gasteiger charge is -2.39. The fourth-order valence-corrected chi connectivity index (χ4v) is 3.81. The van der Waals surface area contributed by atoms with Crippen molar-refractivity contribution in [3.63, 3.8) is 0 Å². The van der Waals surface area contributed by atoms with Crippen molar-refractivity contribution >= 4 is 5.96 Å². The van der Waals surface area contributed by atoms with Crippen LogP contribution in [0.15, 0.2) is 29.3 Å². The topological polar surface area (TPSA) is 40.1 Å². The van der Waals surface area contributed by atoms with Gasteiger partial charge in [0, 0.05) is 32.7 Å². The van der Waals surface area contributed by atoms with Gasteiger partial charge in [0.05, 0.1) is 19.2 Å². The molecule has 1 N–H and O–H groups in total. The highest BCUT2D eigenvalue weighted by Crippen LogP contribution is 2.26. The van der Waals surface area contributed by atoms with Gasteiger partial charge in [-0.25, -0.2) is 4.39 Å². The van der Waals surface area contributed by atoms with Crippen LogP contribution in [0, 0.1) is 5.82 Å². The molecule has 1 aromatic rings. The van der Waals surface area contributed by atoms with Gasteiger partial charge in [-0.05, 0) is 31.0 Å². The van der Waals surface area contributed by atoms with E-state index in [0.717, 1.165) is 5.56 Å². The second-order valence-corrected chi connectivity index (χ2v) is 7.42. The molecule has 0 spiro atoms. The summed E-state index contributed by atoms with van der Waals surface area (Å²) in [6, 6.07) is 6.15. The number of ether oxygens (including phenoxy) is 1. The van der Waals surface area contributed by atoms with E-state index < -0.39 is 12.7 Å². The third-order valence-corrected chi connectivity index (χ3v) is 5.02. The first-order valence-corrected chi connectivity index (χ1v) is 9.42. The van der Waals surface area contributed by atoms with Crippen molar-refractivity contribution in [2.45, 2.75) is 37.8 Å². The fraction of sp³-hybridized carbons (Fsp3) is 0.632. The number of hydrogen-bond donors (Lipinski definition) is 1. The van der Waals surface area contributed by atoms with E-state index in [0.29, 0.717) is 38.6 Å². The maximum absolute atomic E-state index is 13.2. The molecular formula is C19H26F4N4O. The third-order valence-electron chi connectivity index (χ3n) is 5.02. The summed E-state index contributed by atoms with van der Waals surface area (Å²) in [6.07, 6.45) is -3.84. The third kappa shape index (κ3) is 5.57. The second-order valence-electron chi connectivity index (χ2n) is 7.42. The Morgan fingerprint density at radius 1 is 1.21 bits per heavy atom. The summed E-state index contributed by atoms with van der Waals surface area (Å²) < 4.78 is 57.0. The molecule has 2 saturated heterocycles. The second kappa shape index (κ2) is 8.65. The fourth-order valence-electron chi connectivity index (χ4n) is 3.81. The molecule has 2 aliphatic heterocycles. The number of benzene rings is 1. The van der Waals surface area contributed by atoms with E-state index in [1.54, 1.807) is 19.2 Å². The lowest BCUT2D eigenvalue weighted by Crippen LogP contribution is -2.53. The molecule has 3 atom stereocenters. The Bertz CT molecular complexity index is 680. The van der Waals surface area contributed by atoms with Gasteiger partial charge >= 0.3 is 6.18 Å². The molecule has 0 radical (unpaired) electrons. The Morgan fingerprint density at radius 2 is 1.93 bits per heavy atom. The van der Waals surface area contributed by atoms with E-state index in [4.69, 9.17) is 4.74 Å². The number of morpholine rings is 1. The molecule has 2 fully saturated rings. The van der Waals surface area contributed by atoms with Crippen molar-refractivity contribution in [2.24, 2.45) is 4.99 Å². The smallest absolute Gasteiger partial charge is 0.367 e. The molecule has 5 nitrogen and oxygen atoms in total. The van der Waals surface area contributed by atoms with Gasteiger partial charge < -0.3 is 15.0 Å². The van der Waals surface area contributed by atoms with Crippen LogP contribution in [-0.2, 0) is 4.74 Å². The van der Waals surface area contributed by atoms with Crippen LogP contribution in [-0.4, -0.2) is 73.9 Å². The molecule has 2 heterocycles. The standard InChI is InChI=1S/C19H26F4N4O/c1-13-9-27(11-17(28-13)14-3-5-15(20)6-4-14)18(24-2)25-16-7-8-26(10-16)12-19(21,22)23/h3-6,13,16-17H,7-12H2,1-2H3,(H,24,25). The number of halogens is 4. The molecule has 0 bridgehead atoms. The van der Waals surface area contributed by atoms with Gasteiger partial charge in [-0.15, -0.1) is 0 Å². The van der Waals surface area contributed by atoms with Crippen LogP contribution in [0.5, 0.6) is 0 Å². The van der Waals surface area contributed by atoms with Crippen LogP contribution in [0.1, 0.15) is 25.0 Å². The van der Waals surface area contributed by atoms with Crippen molar-refractivity contribution in [2.75, 3.05) is 39.8 Å². The van der Waals surface area contributed by atoms with Gasteiger partial charge in [-0.2, -0.15) is 13.2 Å². The van der Waals surface area contributed by atoms with Crippen molar-refractivity contribution in [3.05, 3.63) is 35.6 Å². The van der Waals surface area contributed by atoms with Gasteiger partial charge in [0.15, 0.2) is 5.96 Å². The van der Waals surface area contributed by atoms with E-state index in [-0.39, 0.29) is 24.1 Å². The first kappa shape index (κ1) is 20.9. The lowest BCUT2D eigenvalue weighted by atomic mass is 10.1. The summed E-state index contributed by atoms with van der Waals surface area (Å²) in [5, 5.41) is 3.30. The minimum Gasteiger partial charge on any atom is -0.367 e. The lowest BCUT2D eigenvalue weighted by molar-refractivity contribution is -0.143. The van der Waals surface area contributed by atoms with Crippen molar-refractivity contribution in [3.8, 4) is 0 Å². The zero-order chi connectivity index (χ0) is 20.3. The first-order chi connectivity index (χ1) is 13.2. The molecule has 0 saturated carbocycles. The number of rotatable bonds is 3. The number of aliphatic imine (C=N–C) groups is 1. The van der Waals surface area contributed by atoms with Crippen LogP contribution in [0.4, 0.5) is 17.6 Å². The molecule has 156 valence electrons. The number of alkyl halides is 3. The Hall–Kier alpha value is -1.87. The molecule has 0 amide bonds. The van der Waals surface area contributed by atoms with E-state index in [2.05, 4.69) is 15.2 Å². The molecule has 1 aromatic carbocycles. The summed E-state index contributed by atoms with van der Waals surface area (Å²) in [7, 11) is 1.66. The summed E-state index contributed by atoms with van der Waals surface area (Å²) in [4.78, 5) is 7.79. The number of likely N-dealkylation sites (tertiary alicyclic amines) is 1. The SMILES string of the molecule is CN=C(NC1CCN(CC(F)(F)F)C1)N1CC(C)OC(c2ccc(F)cc2)C1. The molecule has 3 rings (SSSR count). The van der Waals surface area contributed by atoms with Gasteiger partial charge in [-0.3, -0.25) is 9.89 Å². The molecule has 2 aliphatic rings. The number of hydrogen-bond acceptors (Lipinski definition) is 3. The summed E-state index contributed by atoms with van der Waals surface area (Å²) in [5.41, 5.74) is 0.880. The van der Waals surface area contributed by atoms with Crippen LogP contribution in [0.2, 0.25) is 0 Å². The van der Waals surface area contributed by atoms with E-state index >= 15 is 0 Å². The minimum absolute atomic E-state index is 0.0624. The summed E-state index contributed by atoms with van der Waals surface area (Å²) in [5.74, 6) is 0.354. The molecule has 3 unspecified atom stereocenters. The van der Waals surface area contributed by atoms with Crippen molar-refractivity contribution in [1.29, 1.82) is 0 Å².